The summed E-state index contributed by atoms with van der Waals surface area (Å²) >= 11 is 0. The molecular formula is C33H27N. The summed E-state index contributed by atoms with van der Waals surface area (Å²) in [5.41, 5.74) is 8.72. The summed E-state index contributed by atoms with van der Waals surface area (Å²) in [6, 6.07) is 31.4. The molecule has 5 aromatic rings. The largest absolute Gasteiger partial charge is 0.310 e. The van der Waals surface area contributed by atoms with Crippen molar-refractivity contribution < 1.29 is 6.85 Å². The first-order chi connectivity index (χ1) is 18.7. The van der Waals surface area contributed by atoms with Gasteiger partial charge < -0.3 is 4.90 Å². The Bertz CT molecular complexity index is 1700. The minimum absolute atomic E-state index is 0.130. The molecule has 0 bridgehead atoms. The zero-order valence-electron chi connectivity index (χ0n) is 24.2. The Hall–Kier alpha value is -4.10. The van der Waals surface area contributed by atoms with E-state index in [1.54, 1.807) is 0 Å². The lowest BCUT2D eigenvalue weighted by atomic mass is 9.82. The predicted octanol–water partition coefficient (Wildman–Crippen LogP) is 9.13. The van der Waals surface area contributed by atoms with E-state index in [-0.39, 0.29) is 41.2 Å². The van der Waals surface area contributed by atoms with Gasteiger partial charge in [-0.25, -0.2) is 0 Å². The molecule has 1 aliphatic carbocycles. The number of para-hydroxylation sites is 1. The van der Waals surface area contributed by atoms with E-state index in [2.05, 4.69) is 73.3 Å². The first kappa shape index (κ1) is 15.7. The summed E-state index contributed by atoms with van der Waals surface area (Å²) in [5.74, 6) is 0. The van der Waals surface area contributed by atoms with Gasteiger partial charge in [0.1, 0.15) is 0 Å². The van der Waals surface area contributed by atoms with Crippen LogP contribution in [-0.4, -0.2) is 0 Å². The van der Waals surface area contributed by atoms with E-state index in [4.69, 9.17) is 6.85 Å². The molecular weight excluding hydrogens is 410 g/mol. The molecule has 1 aliphatic rings. The van der Waals surface area contributed by atoms with Crippen molar-refractivity contribution in [1.29, 1.82) is 0 Å². The monoisotopic (exact) mass is 442 g/mol. The highest BCUT2D eigenvalue weighted by molar-refractivity contribution is 5.85. The van der Waals surface area contributed by atoms with Crippen molar-refractivity contribution in [3.63, 3.8) is 0 Å². The molecule has 34 heavy (non-hydrogen) atoms. The zero-order valence-corrected chi connectivity index (χ0v) is 19.2. The standard InChI is InChI=1S/C33H27N/c1-33(2)31-16-10-9-15-29(31)30-22-21-28(23-32(30)33)34(26-13-7-4-8-14-26)27-19-17-25(18-20-27)24-11-5-3-6-12-24/h3-23H,1-2H3/i3D,5D,6D,11D,12D. The topological polar surface area (TPSA) is 3.24 Å². The molecule has 6 rings (SSSR count). The Labute approximate surface area is 209 Å². The lowest BCUT2D eigenvalue weighted by Gasteiger charge is -2.28. The maximum atomic E-state index is 8.36. The van der Waals surface area contributed by atoms with E-state index in [0.29, 0.717) is 5.56 Å². The molecule has 0 spiro atoms. The van der Waals surface area contributed by atoms with Crippen molar-refractivity contribution >= 4 is 17.1 Å². The molecule has 0 saturated carbocycles. The van der Waals surface area contributed by atoms with Crippen molar-refractivity contribution in [1.82, 2.24) is 0 Å². The van der Waals surface area contributed by atoms with Crippen LogP contribution in [0, 0.1) is 0 Å². The molecule has 0 radical (unpaired) electrons. The third-order valence-electron chi connectivity index (χ3n) is 6.75. The van der Waals surface area contributed by atoms with Crippen molar-refractivity contribution in [2.24, 2.45) is 0 Å². The summed E-state index contributed by atoms with van der Waals surface area (Å²) < 4.78 is 40.7. The van der Waals surface area contributed by atoms with Gasteiger partial charge in [0.25, 0.3) is 0 Å². The van der Waals surface area contributed by atoms with E-state index in [9.17, 15) is 0 Å². The molecule has 1 nitrogen and oxygen atoms in total. The number of hydrogen-bond acceptors (Lipinski definition) is 1. The highest BCUT2D eigenvalue weighted by Gasteiger charge is 2.35. The first-order valence-electron chi connectivity index (χ1n) is 14.0. The van der Waals surface area contributed by atoms with Crippen molar-refractivity contribution in [2.45, 2.75) is 19.3 Å². The van der Waals surface area contributed by atoms with Crippen LogP contribution in [0.25, 0.3) is 22.3 Å². The molecule has 164 valence electrons. The summed E-state index contributed by atoms with van der Waals surface area (Å²) in [6.07, 6.45) is 0. The predicted molar refractivity (Wildman–Crippen MR) is 144 cm³/mol. The third kappa shape index (κ3) is 3.33. The Morgan fingerprint density at radius 2 is 1.18 bits per heavy atom. The Morgan fingerprint density at radius 3 is 1.94 bits per heavy atom. The van der Waals surface area contributed by atoms with Gasteiger partial charge in [-0.3, -0.25) is 0 Å². The van der Waals surface area contributed by atoms with Crippen molar-refractivity contribution in [3.05, 3.63) is 138 Å². The van der Waals surface area contributed by atoms with Crippen LogP contribution in [0.5, 0.6) is 0 Å². The fourth-order valence-corrected chi connectivity index (χ4v) is 5.03. The molecule has 0 atom stereocenters. The molecule has 0 heterocycles. The smallest absolute Gasteiger partial charge is 0.0629 e. The van der Waals surface area contributed by atoms with Gasteiger partial charge in [-0.1, -0.05) is 105 Å². The van der Waals surface area contributed by atoms with Gasteiger partial charge in [-0.2, -0.15) is 0 Å². The second kappa shape index (κ2) is 8.04. The van der Waals surface area contributed by atoms with E-state index in [0.717, 1.165) is 17.1 Å². The molecule has 0 N–H and O–H groups in total. The lowest BCUT2D eigenvalue weighted by Crippen LogP contribution is -2.16. The van der Waals surface area contributed by atoms with Gasteiger partial charge in [-0.05, 0) is 69.8 Å². The van der Waals surface area contributed by atoms with E-state index in [1.165, 1.54) is 22.3 Å². The highest BCUT2D eigenvalue weighted by Crippen LogP contribution is 2.50. The van der Waals surface area contributed by atoms with Gasteiger partial charge in [0, 0.05) is 22.5 Å². The summed E-state index contributed by atoms with van der Waals surface area (Å²) in [4.78, 5) is 2.19. The lowest BCUT2D eigenvalue weighted by molar-refractivity contribution is 0.660. The SMILES string of the molecule is [2H]c1c([2H])c([2H])c(-c2ccc(N(c3ccccc3)c3ccc4c(c3)C(C)(C)c3ccccc3-4)cc2)c([2H])c1[2H]. The maximum absolute atomic E-state index is 8.36. The van der Waals surface area contributed by atoms with Crippen LogP contribution in [-0.2, 0) is 5.41 Å². The number of anilines is 3. The number of hydrogen-bond donors (Lipinski definition) is 0. The number of fused-ring (bicyclic) bond motifs is 3. The summed E-state index contributed by atoms with van der Waals surface area (Å²) in [5, 5.41) is 0. The number of rotatable bonds is 4. The van der Waals surface area contributed by atoms with Gasteiger partial charge >= 0.3 is 0 Å². The molecule has 0 amide bonds. The second-order valence-electron chi connectivity index (χ2n) is 9.12. The number of nitrogens with zero attached hydrogens (tertiary/aromatic N) is 1. The molecule has 0 saturated heterocycles. The van der Waals surface area contributed by atoms with Gasteiger partial charge in [0.15, 0.2) is 0 Å². The minimum Gasteiger partial charge on any atom is -0.310 e. The Morgan fingerprint density at radius 1 is 0.559 bits per heavy atom. The quantitative estimate of drug-likeness (QED) is 0.268. The first-order valence-corrected chi connectivity index (χ1v) is 11.5. The minimum atomic E-state index is -0.387. The number of benzene rings is 5. The van der Waals surface area contributed by atoms with E-state index < -0.39 is 0 Å². The maximum Gasteiger partial charge on any atom is 0.0629 e. The van der Waals surface area contributed by atoms with Gasteiger partial charge in [0.2, 0.25) is 0 Å². The highest BCUT2D eigenvalue weighted by atomic mass is 15.1. The third-order valence-corrected chi connectivity index (χ3v) is 6.75. The molecule has 0 aromatic heterocycles. The summed E-state index contributed by atoms with van der Waals surface area (Å²) in [7, 11) is 0. The van der Waals surface area contributed by atoms with Crippen molar-refractivity contribution in [3.8, 4) is 22.3 Å². The van der Waals surface area contributed by atoms with E-state index in [1.807, 2.05) is 42.5 Å². The fraction of sp³-hybridized carbons (Fsp3) is 0.0909. The van der Waals surface area contributed by atoms with Crippen LogP contribution in [0.4, 0.5) is 17.1 Å². The average molecular weight is 443 g/mol. The summed E-state index contributed by atoms with van der Waals surface area (Å²) in [6.45, 7) is 4.53. The van der Waals surface area contributed by atoms with Crippen molar-refractivity contribution in [2.75, 3.05) is 4.90 Å². The molecule has 0 unspecified atom stereocenters. The van der Waals surface area contributed by atoms with Crippen LogP contribution < -0.4 is 4.90 Å². The zero-order chi connectivity index (χ0) is 27.5. The second-order valence-corrected chi connectivity index (χ2v) is 9.12. The van der Waals surface area contributed by atoms with Crippen LogP contribution in [0.1, 0.15) is 31.8 Å². The van der Waals surface area contributed by atoms with Crippen LogP contribution in [0.15, 0.2) is 127 Å². The average Bonchev–Trinajstić information content (AvgIpc) is 3.19. The van der Waals surface area contributed by atoms with Crippen LogP contribution in [0.3, 0.4) is 0 Å². The fourth-order valence-electron chi connectivity index (χ4n) is 5.03. The molecule has 5 aromatic carbocycles. The molecule has 0 aliphatic heterocycles. The Kier molecular flexibility index (Phi) is 3.71. The van der Waals surface area contributed by atoms with E-state index >= 15 is 0 Å². The van der Waals surface area contributed by atoms with Crippen LogP contribution >= 0.6 is 0 Å². The van der Waals surface area contributed by atoms with Gasteiger partial charge in [0.05, 0.1) is 6.85 Å². The normalized spacial score (nSPS) is 15.3. The molecule has 1 heteroatoms. The van der Waals surface area contributed by atoms with Gasteiger partial charge in [-0.15, -0.1) is 0 Å². The Balaban J connectivity index is 1.47. The van der Waals surface area contributed by atoms with Crippen LogP contribution in [0.2, 0.25) is 0 Å². The molecule has 0 fully saturated rings.